The third-order valence-electron chi connectivity index (χ3n) is 5.33. The summed E-state index contributed by atoms with van der Waals surface area (Å²) < 4.78 is 0. The molecular formula is C24H44ClN3OS2. The van der Waals surface area contributed by atoms with Crippen LogP contribution in [0.4, 0.5) is 0 Å². The van der Waals surface area contributed by atoms with Crippen LogP contribution in [-0.2, 0) is 0 Å². The molecular weight excluding hydrogens is 446 g/mol. The Hall–Kier alpha value is -0.0400. The second-order valence-corrected chi connectivity index (χ2v) is 10.7. The molecule has 0 bridgehead atoms. The van der Waals surface area contributed by atoms with Gasteiger partial charge in [-0.2, -0.15) is 15.0 Å². The van der Waals surface area contributed by atoms with E-state index in [1.165, 1.54) is 114 Å². The van der Waals surface area contributed by atoms with Gasteiger partial charge in [0, 0.05) is 18.1 Å². The standard InChI is InChI=1S/C24H44ClN3OS2/c1-2-3-4-5-6-7-8-9-10-11-12-13-14-15-16-17-20-30-23-26-22(25)27-24(28-23)31-21-18-19-29/h29H,2-21H2,1H3. The topological polar surface area (TPSA) is 58.9 Å². The van der Waals surface area contributed by atoms with Gasteiger partial charge >= 0.3 is 0 Å². The van der Waals surface area contributed by atoms with Gasteiger partial charge < -0.3 is 5.11 Å². The Bertz CT molecular complexity index is 538. The van der Waals surface area contributed by atoms with Gasteiger partial charge in [0.2, 0.25) is 5.28 Å². The molecule has 1 heterocycles. The molecule has 4 nitrogen and oxygen atoms in total. The van der Waals surface area contributed by atoms with Crippen molar-refractivity contribution in [1.82, 2.24) is 15.0 Å². The van der Waals surface area contributed by atoms with Gasteiger partial charge in [-0.25, -0.2) is 0 Å². The monoisotopic (exact) mass is 489 g/mol. The highest BCUT2D eigenvalue weighted by Crippen LogP contribution is 2.22. The van der Waals surface area contributed by atoms with E-state index in [4.69, 9.17) is 16.7 Å². The van der Waals surface area contributed by atoms with E-state index in [1.807, 2.05) is 0 Å². The maximum atomic E-state index is 8.87. The fraction of sp³-hybridized carbons (Fsp3) is 0.875. The van der Waals surface area contributed by atoms with Crippen LogP contribution in [0.3, 0.4) is 0 Å². The zero-order valence-corrected chi connectivity index (χ0v) is 22.0. The molecule has 0 spiro atoms. The first kappa shape index (κ1) is 29.0. The Morgan fingerprint density at radius 1 is 0.581 bits per heavy atom. The minimum absolute atomic E-state index is 0.187. The highest BCUT2D eigenvalue weighted by molar-refractivity contribution is 7.99. The van der Waals surface area contributed by atoms with E-state index in [1.54, 1.807) is 11.8 Å². The predicted octanol–water partition coefficient (Wildman–Crippen LogP) is 8.35. The van der Waals surface area contributed by atoms with E-state index in [2.05, 4.69) is 21.9 Å². The minimum atomic E-state index is 0.187. The van der Waals surface area contributed by atoms with E-state index >= 15 is 0 Å². The highest BCUT2D eigenvalue weighted by atomic mass is 35.5. The molecule has 0 saturated carbocycles. The largest absolute Gasteiger partial charge is 0.396 e. The third kappa shape index (κ3) is 18.1. The molecule has 31 heavy (non-hydrogen) atoms. The molecule has 1 aromatic heterocycles. The number of hydrogen-bond acceptors (Lipinski definition) is 6. The molecule has 0 atom stereocenters. The SMILES string of the molecule is CCCCCCCCCCCCCCCCCCSc1nc(Cl)nc(SCCCO)n1. The lowest BCUT2D eigenvalue weighted by Crippen LogP contribution is -1.97. The summed E-state index contributed by atoms with van der Waals surface area (Å²) in [5.74, 6) is 1.82. The number of aliphatic hydroxyl groups is 1. The summed E-state index contributed by atoms with van der Waals surface area (Å²) in [5.41, 5.74) is 0. The average molecular weight is 490 g/mol. The van der Waals surface area contributed by atoms with E-state index in [-0.39, 0.29) is 11.9 Å². The van der Waals surface area contributed by atoms with Gasteiger partial charge in [-0.1, -0.05) is 127 Å². The predicted molar refractivity (Wildman–Crippen MR) is 138 cm³/mol. The van der Waals surface area contributed by atoms with Crippen molar-refractivity contribution in [2.24, 2.45) is 0 Å². The van der Waals surface area contributed by atoms with Crippen molar-refractivity contribution in [2.45, 2.75) is 126 Å². The first-order chi connectivity index (χ1) is 15.3. The lowest BCUT2D eigenvalue weighted by molar-refractivity contribution is 0.296. The first-order valence-electron chi connectivity index (χ1n) is 12.5. The molecule has 0 aromatic carbocycles. The molecule has 0 aliphatic carbocycles. The molecule has 0 amide bonds. The Morgan fingerprint density at radius 2 is 0.968 bits per heavy atom. The van der Waals surface area contributed by atoms with Crippen molar-refractivity contribution in [2.75, 3.05) is 18.1 Å². The summed E-state index contributed by atoms with van der Waals surface area (Å²) in [6.07, 6.45) is 23.0. The molecule has 0 aliphatic rings. The summed E-state index contributed by atoms with van der Waals surface area (Å²) in [7, 11) is 0. The molecule has 0 unspecified atom stereocenters. The molecule has 7 heteroatoms. The number of rotatable bonds is 22. The number of aliphatic hydroxyl groups excluding tert-OH is 1. The summed E-state index contributed by atoms with van der Waals surface area (Å²) >= 11 is 9.19. The van der Waals surface area contributed by atoms with Crippen molar-refractivity contribution < 1.29 is 5.11 Å². The number of unbranched alkanes of at least 4 members (excludes halogenated alkanes) is 15. The number of aromatic nitrogens is 3. The van der Waals surface area contributed by atoms with E-state index in [0.29, 0.717) is 10.3 Å². The van der Waals surface area contributed by atoms with Gasteiger partial charge in [0.25, 0.3) is 0 Å². The normalized spacial score (nSPS) is 11.3. The summed E-state index contributed by atoms with van der Waals surface area (Å²) in [4.78, 5) is 12.8. The summed E-state index contributed by atoms with van der Waals surface area (Å²) in [6, 6.07) is 0. The van der Waals surface area contributed by atoms with Crippen molar-refractivity contribution >= 4 is 35.1 Å². The van der Waals surface area contributed by atoms with Crippen LogP contribution in [0.15, 0.2) is 10.3 Å². The number of thioether (sulfide) groups is 2. The fourth-order valence-corrected chi connectivity index (χ4v) is 5.39. The highest BCUT2D eigenvalue weighted by Gasteiger charge is 2.06. The molecule has 0 saturated heterocycles. The summed E-state index contributed by atoms with van der Waals surface area (Å²) in [6.45, 7) is 2.47. The second-order valence-electron chi connectivity index (χ2n) is 8.25. The molecule has 1 aromatic rings. The zero-order chi connectivity index (χ0) is 22.4. The van der Waals surface area contributed by atoms with Gasteiger partial charge in [0.1, 0.15) is 0 Å². The van der Waals surface area contributed by atoms with Crippen LogP contribution in [0.5, 0.6) is 0 Å². The molecule has 0 aliphatic heterocycles. The van der Waals surface area contributed by atoms with Gasteiger partial charge in [0.15, 0.2) is 10.3 Å². The molecule has 180 valence electrons. The molecule has 0 radical (unpaired) electrons. The van der Waals surface area contributed by atoms with E-state index < -0.39 is 0 Å². The van der Waals surface area contributed by atoms with Crippen LogP contribution in [0.25, 0.3) is 0 Å². The van der Waals surface area contributed by atoms with Crippen LogP contribution in [0.2, 0.25) is 5.28 Å². The summed E-state index contributed by atoms with van der Waals surface area (Å²) in [5, 5.41) is 10.5. The fourth-order valence-electron chi connectivity index (χ4n) is 3.49. The number of halogens is 1. The smallest absolute Gasteiger partial charge is 0.227 e. The first-order valence-corrected chi connectivity index (χ1v) is 14.9. The maximum Gasteiger partial charge on any atom is 0.227 e. The lowest BCUT2D eigenvalue weighted by atomic mass is 10.0. The second kappa shape index (κ2) is 21.8. The van der Waals surface area contributed by atoms with Crippen LogP contribution < -0.4 is 0 Å². The van der Waals surface area contributed by atoms with E-state index in [9.17, 15) is 0 Å². The van der Waals surface area contributed by atoms with Crippen molar-refractivity contribution in [3.8, 4) is 0 Å². The van der Waals surface area contributed by atoms with Gasteiger partial charge in [0.05, 0.1) is 0 Å². The average Bonchev–Trinajstić information content (AvgIpc) is 2.76. The zero-order valence-electron chi connectivity index (χ0n) is 19.6. The van der Waals surface area contributed by atoms with Gasteiger partial charge in [-0.15, -0.1) is 0 Å². The van der Waals surface area contributed by atoms with Crippen LogP contribution in [0, 0.1) is 0 Å². The van der Waals surface area contributed by atoms with Gasteiger partial charge in [-0.05, 0) is 24.4 Å². The molecule has 1 rings (SSSR count). The Labute approximate surface area is 204 Å². The quantitative estimate of drug-likeness (QED) is 0.130. The van der Waals surface area contributed by atoms with E-state index in [0.717, 1.165) is 17.9 Å². The van der Waals surface area contributed by atoms with Crippen LogP contribution in [0.1, 0.15) is 116 Å². The number of hydrogen-bond donors (Lipinski definition) is 1. The third-order valence-corrected chi connectivity index (χ3v) is 7.37. The van der Waals surface area contributed by atoms with Crippen molar-refractivity contribution in [1.29, 1.82) is 0 Å². The van der Waals surface area contributed by atoms with Crippen LogP contribution in [-0.4, -0.2) is 38.2 Å². The van der Waals surface area contributed by atoms with Crippen LogP contribution >= 0.6 is 35.1 Å². The van der Waals surface area contributed by atoms with Crippen molar-refractivity contribution in [3.05, 3.63) is 5.28 Å². The Morgan fingerprint density at radius 3 is 1.39 bits per heavy atom. The Kier molecular flexibility index (Phi) is 20.4. The van der Waals surface area contributed by atoms with Gasteiger partial charge in [-0.3, -0.25) is 0 Å². The van der Waals surface area contributed by atoms with Crippen molar-refractivity contribution in [3.63, 3.8) is 0 Å². The number of nitrogens with zero attached hydrogens (tertiary/aromatic N) is 3. The molecule has 0 fully saturated rings. The minimum Gasteiger partial charge on any atom is -0.396 e. The lowest BCUT2D eigenvalue weighted by Gasteiger charge is -2.04. The maximum absolute atomic E-state index is 8.87. The Balaban J connectivity index is 1.89. The molecule has 1 N–H and O–H groups in total.